The molecule has 0 saturated carbocycles. The summed E-state index contributed by atoms with van der Waals surface area (Å²) in [5.74, 6) is 1.95. The van der Waals surface area contributed by atoms with Crippen molar-refractivity contribution >= 4 is 88.0 Å². The molecular weight excluding hydrogens is 489 g/mol. The van der Waals surface area contributed by atoms with Gasteiger partial charge in [-0.1, -0.05) is 0 Å². The van der Waals surface area contributed by atoms with Crippen LogP contribution in [-0.2, 0) is 0 Å². The van der Waals surface area contributed by atoms with E-state index >= 15 is 0 Å². The van der Waals surface area contributed by atoms with Gasteiger partial charge in [-0.3, -0.25) is 0 Å². The van der Waals surface area contributed by atoms with Crippen LogP contribution in [-0.4, -0.2) is 37.0 Å². The molecule has 4 saturated heterocycles. The zero-order valence-electron chi connectivity index (χ0n) is 21.1. The van der Waals surface area contributed by atoms with E-state index in [1.54, 1.807) is 5.30 Å². The van der Waals surface area contributed by atoms with Crippen molar-refractivity contribution in [2.24, 2.45) is 0 Å². The van der Waals surface area contributed by atoms with Crippen LogP contribution in [0.2, 0.25) is 0 Å². The summed E-state index contributed by atoms with van der Waals surface area (Å²) in [6, 6.07) is 40.2. The van der Waals surface area contributed by atoms with Gasteiger partial charge in [0.05, 0.1) is 0 Å². The number of para-hydroxylation sites is 3. The monoisotopic (exact) mass is 509 g/mol. The Morgan fingerprint density at radius 2 is 1.49 bits per heavy atom. The standard InChI is InChI=1S/C30H19B5N2OP/c1-2-9-19(10-3-1)36-39(33-31-34(39)35(33)39)27-18-17-22-30-28(27)20-11-4-6-13-23(20)37(30)24-14-8-16-26-29(24)32(22)21-12-5-7-15-25(21)38-26/h1-18,36H/q-1. The molecule has 5 aromatic carbocycles. The maximum absolute atomic E-state index is 6.50. The predicted molar refractivity (Wildman–Crippen MR) is 172 cm³/mol. The number of rotatable bonds is 3. The Morgan fingerprint density at radius 3 is 2.33 bits per heavy atom. The van der Waals surface area contributed by atoms with E-state index in [0.717, 1.165) is 30.1 Å². The SMILES string of the molecule is [B-]1B2B3B1P23(Nc1ccccc1)c1ccc2c3c1c1ccccc1n3-c1cccc3c1B2c1ccccc1O3. The Kier molecular flexibility index (Phi) is 3.20. The second-order valence-corrected chi connectivity index (χ2v) is 17.1. The van der Waals surface area contributed by atoms with E-state index < -0.39 is 6.39 Å². The fourth-order valence-electron chi connectivity index (χ4n) is 8.99. The molecule has 2 radical (unpaired) electrons. The number of nitrogens with zero attached hydrogens (tertiary/aromatic N) is 1. The summed E-state index contributed by atoms with van der Waals surface area (Å²) in [4.78, 5) is 0. The molecule has 2 bridgehead atoms. The molecule has 0 aliphatic carbocycles. The number of anilines is 1. The molecule has 0 amide bonds. The molecule has 0 spiro atoms. The van der Waals surface area contributed by atoms with Gasteiger partial charge in [0, 0.05) is 0 Å². The quantitative estimate of drug-likeness (QED) is 0.290. The number of aromatic nitrogens is 1. The van der Waals surface area contributed by atoms with Crippen molar-refractivity contribution in [2.45, 2.75) is 0 Å². The number of nitrogens with one attached hydrogen (secondary N) is 1. The van der Waals surface area contributed by atoms with Crippen molar-refractivity contribution in [3.05, 3.63) is 109 Å². The molecule has 6 aromatic rings. The third-order valence-electron chi connectivity index (χ3n) is 10.7. The third kappa shape index (κ3) is 1.95. The van der Waals surface area contributed by atoms with Crippen molar-refractivity contribution in [3.63, 3.8) is 0 Å². The topological polar surface area (TPSA) is 26.2 Å². The minimum atomic E-state index is -2.23. The maximum atomic E-state index is 6.50. The third-order valence-corrected chi connectivity index (χ3v) is 17.7. The van der Waals surface area contributed by atoms with Gasteiger partial charge in [-0.15, -0.1) is 0 Å². The van der Waals surface area contributed by atoms with Gasteiger partial charge in [0.15, 0.2) is 0 Å². The van der Waals surface area contributed by atoms with E-state index in [-0.39, 0.29) is 6.71 Å². The van der Waals surface area contributed by atoms with Gasteiger partial charge in [-0.05, 0) is 0 Å². The van der Waals surface area contributed by atoms with Crippen LogP contribution in [0.5, 0.6) is 11.5 Å². The first kappa shape index (κ1) is 20.2. The fourth-order valence-corrected chi connectivity index (χ4v) is 17.2. The molecule has 0 unspecified atom stereocenters. The Bertz CT molecular complexity index is 2110. The summed E-state index contributed by atoms with van der Waals surface area (Å²) in [7, 11) is 2.62. The molecule has 0 atom stereocenters. The number of hydrogen-bond donors (Lipinski definition) is 1. The summed E-state index contributed by atoms with van der Waals surface area (Å²) in [6.45, 7) is 0.168. The molecule has 39 heavy (non-hydrogen) atoms. The first-order valence-corrected chi connectivity index (χ1v) is 16.4. The molecule has 6 aliphatic rings. The van der Waals surface area contributed by atoms with Gasteiger partial charge in [0.25, 0.3) is 0 Å². The Morgan fingerprint density at radius 1 is 0.718 bits per heavy atom. The van der Waals surface area contributed by atoms with Crippen molar-refractivity contribution in [1.82, 2.24) is 4.57 Å². The van der Waals surface area contributed by atoms with E-state index in [0.29, 0.717) is 0 Å². The Labute approximate surface area is 228 Å². The van der Waals surface area contributed by atoms with Crippen LogP contribution in [0.1, 0.15) is 0 Å². The van der Waals surface area contributed by atoms with Crippen molar-refractivity contribution in [3.8, 4) is 17.2 Å². The van der Waals surface area contributed by atoms with Crippen molar-refractivity contribution in [2.75, 3.05) is 5.09 Å². The molecular formula is C30H19B5N2OP-. The van der Waals surface area contributed by atoms with Crippen LogP contribution >= 0.6 is 6.39 Å². The summed E-state index contributed by atoms with van der Waals surface area (Å²) >= 11 is 0. The van der Waals surface area contributed by atoms with Gasteiger partial charge in [0.1, 0.15) is 0 Å². The van der Waals surface area contributed by atoms with E-state index in [1.807, 2.05) is 0 Å². The molecule has 9 heteroatoms. The second kappa shape index (κ2) is 6.19. The Balaban J connectivity index is 1.28. The summed E-state index contributed by atoms with van der Waals surface area (Å²) < 4.78 is 9.05. The molecule has 3 nitrogen and oxygen atoms in total. The Hall–Kier alpha value is -3.75. The van der Waals surface area contributed by atoms with Crippen LogP contribution in [0.4, 0.5) is 5.69 Å². The van der Waals surface area contributed by atoms with Crippen LogP contribution in [0, 0.1) is 0 Å². The van der Waals surface area contributed by atoms with E-state index in [1.165, 1.54) is 49.6 Å². The normalized spacial score (nSPS) is 19.7. The van der Waals surface area contributed by atoms with Gasteiger partial charge in [-0.25, -0.2) is 0 Å². The van der Waals surface area contributed by atoms with Crippen molar-refractivity contribution in [1.29, 1.82) is 0 Å². The average molecular weight is 509 g/mol. The predicted octanol–water partition coefficient (Wildman–Crippen LogP) is 3.79. The molecule has 4 fully saturated rings. The van der Waals surface area contributed by atoms with Gasteiger partial charge >= 0.3 is 229 Å². The zero-order valence-corrected chi connectivity index (χ0v) is 22.0. The van der Waals surface area contributed by atoms with Crippen LogP contribution in [0.3, 0.4) is 0 Å². The molecule has 7 heterocycles. The van der Waals surface area contributed by atoms with Crippen LogP contribution < -0.4 is 31.5 Å². The summed E-state index contributed by atoms with van der Waals surface area (Å²) in [5, 5.41) is 8.73. The van der Waals surface area contributed by atoms with Gasteiger partial charge < -0.3 is 0 Å². The number of hydrogen-bond acceptors (Lipinski definition) is 2. The molecule has 176 valence electrons. The first-order chi connectivity index (χ1) is 19.3. The molecule has 6 aliphatic heterocycles. The number of ether oxygens (including phenoxy) is 1. The molecule has 1 N–H and O–H groups in total. The van der Waals surface area contributed by atoms with Crippen LogP contribution in [0.25, 0.3) is 27.5 Å². The minimum absolute atomic E-state index is 0.168. The molecule has 12 rings (SSSR count). The number of fused-ring (bicyclic) bond motifs is 7. The van der Waals surface area contributed by atoms with E-state index in [9.17, 15) is 0 Å². The molecule has 1 aromatic heterocycles. The zero-order chi connectivity index (χ0) is 25.1. The fraction of sp³-hybridized carbons (Fsp3) is 0. The van der Waals surface area contributed by atoms with E-state index in [4.69, 9.17) is 4.74 Å². The first-order valence-electron chi connectivity index (χ1n) is 14.0. The number of benzene rings is 5. The summed E-state index contributed by atoms with van der Waals surface area (Å²) in [5.41, 5.74) is 9.17. The van der Waals surface area contributed by atoms with E-state index in [2.05, 4.69) is 126 Å². The van der Waals surface area contributed by atoms with Gasteiger partial charge in [0.2, 0.25) is 0 Å². The second-order valence-electron chi connectivity index (χ2n) is 12.0. The average Bonchev–Trinajstić information content (AvgIpc) is 3.54. The van der Waals surface area contributed by atoms with Gasteiger partial charge in [-0.2, -0.15) is 0 Å². The van der Waals surface area contributed by atoms with Crippen LogP contribution in [0.15, 0.2) is 109 Å². The van der Waals surface area contributed by atoms with Crippen molar-refractivity contribution < 1.29 is 4.74 Å². The summed E-state index contributed by atoms with van der Waals surface area (Å²) in [6.07, 6.45) is 0.0777.